The van der Waals surface area contributed by atoms with Gasteiger partial charge in [-0.2, -0.15) is 0 Å². The van der Waals surface area contributed by atoms with Crippen molar-refractivity contribution in [1.29, 1.82) is 0 Å². The fourth-order valence-corrected chi connectivity index (χ4v) is 0.998. The second-order valence-electron chi connectivity index (χ2n) is 2.55. The van der Waals surface area contributed by atoms with Crippen molar-refractivity contribution >= 4 is 6.09 Å². The van der Waals surface area contributed by atoms with E-state index in [1.54, 1.807) is 12.1 Å². The molecule has 0 bridgehead atoms. The van der Waals surface area contributed by atoms with Crippen LogP contribution in [-0.4, -0.2) is 31.4 Å². The van der Waals surface area contributed by atoms with Gasteiger partial charge in [-0.3, -0.25) is 0 Å². The lowest BCUT2D eigenvalue weighted by Crippen LogP contribution is -2.11. The van der Waals surface area contributed by atoms with Crippen LogP contribution in [0.1, 0.15) is 0 Å². The van der Waals surface area contributed by atoms with Gasteiger partial charge in [0.25, 0.3) is 0 Å². The van der Waals surface area contributed by atoms with Crippen molar-refractivity contribution in [3.05, 3.63) is 30.3 Å². The quantitative estimate of drug-likeness (QED) is 0.721. The lowest BCUT2D eigenvalue weighted by molar-refractivity contribution is 0.187. The van der Waals surface area contributed by atoms with E-state index >= 15 is 0 Å². The molecule has 0 saturated heterocycles. The first kappa shape index (κ1) is 8.36. The molecular weight excluding hydrogens is 184 g/mol. The smallest absolute Gasteiger partial charge is 0.451 e. The van der Waals surface area contributed by atoms with E-state index in [0.717, 1.165) is 5.56 Å². The molecule has 70 valence electrons. The highest BCUT2D eigenvalue weighted by Gasteiger charge is 2.08. The van der Waals surface area contributed by atoms with Crippen LogP contribution in [0.4, 0.5) is 4.79 Å². The summed E-state index contributed by atoms with van der Waals surface area (Å²) in [5.41, 5.74) is 0.736. The van der Waals surface area contributed by atoms with E-state index in [2.05, 4.69) is 15.4 Å². The minimum absolute atomic E-state index is 0.299. The largest absolute Gasteiger partial charge is 0.462 e. The van der Waals surface area contributed by atoms with Crippen molar-refractivity contribution in [3.8, 4) is 11.4 Å². The average molecular weight is 190 g/mol. The van der Waals surface area contributed by atoms with Crippen LogP contribution in [0.15, 0.2) is 30.3 Å². The first-order valence-electron chi connectivity index (χ1n) is 3.86. The van der Waals surface area contributed by atoms with Crippen LogP contribution in [0, 0.1) is 0 Å². The summed E-state index contributed by atoms with van der Waals surface area (Å²) in [6, 6.07) is 9.05. The molecule has 0 unspecified atom stereocenters. The third kappa shape index (κ3) is 1.45. The van der Waals surface area contributed by atoms with Crippen molar-refractivity contribution < 1.29 is 9.90 Å². The number of carboxylic acid groups (broad SMARTS) is 1. The van der Waals surface area contributed by atoms with E-state index < -0.39 is 6.09 Å². The molecule has 0 fully saturated rings. The SMILES string of the molecule is O=C(O)n1nnc(-c2ccccc2)n1. The summed E-state index contributed by atoms with van der Waals surface area (Å²) in [7, 11) is 0. The lowest BCUT2D eigenvalue weighted by Gasteiger charge is -1.90. The third-order valence-corrected chi connectivity index (χ3v) is 1.62. The monoisotopic (exact) mass is 190 g/mol. The molecule has 1 N–H and O–H groups in total. The number of rotatable bonds is 1. The topological polar surface area (TPSA) is 80.9 Å². The molecule has 6 heteroatoms. The van der Waals surface area contributed by atoms with E-state index in [-0.39, 0.29) is 0 Å². The van der Waals surface area contributed by atoms with Crippen LogP contribution in [0.25, 0.3) is 11.4 Å². The Labute approximate surface area is 78.8 Å². The number of nitrogens with zero attached hydrogens (tertiary/aromatic N) is 4. The molecule has 0 radical (unpaired) electrons. The number of benzene rings is 1. The predicted octanol–water partition coefficient (Wildman–Crippen LogP) is 0.866. The van der Waals surface area contributed by atoms with Crippen LogP contribution >= 0.6 is 0 Å². The van der Waals surface area contributed by atoms with Gasteiger partial charge in [0.15, 0.2) is 0 Å². The Morgan fingerprint density at radius 1 is 1.29 bits per heavy atom. The number of carbonyl (C=O) groups is 1. The standard InChI is InChI=1S/C8H6N4O2/c13-8(14)12-10-7(9-11-12)6-4-2-1-3-5-6/h1-5H,(H,13,14). The Bertz CT molecular complexity index is 451. The van der Waals surface area contributed by atoms with E-state index in [0.29, 0.717) is 10.6 Å². The molecule has 0 aliphatic rings. The van der Waals surface area contributed by atoms with Crippen molar-refractivity contribution in [2.45, 2.75) is 0 Å². The number of aromatic nitrogens is 4. The van der Waals surface area contributed by atoms with Gasteiger partial charge in [0, 0.05) is 5.56 Å². The molecule has 1 aromatic heterocycles. The highest BCUT2D eigenvalue weighted by Crippen LogP contribution is 2.11. The van der Waals surface area contributed by atoms with Crippen molar-refractivity contribution in [3.63, 3.8) is 0 Å². The zero-order chi connectivity index (χ0) is 9.97. The van der Waals surface area contributed by atoms with E-state index in [1.807, 2.05) is 18.2 Å². The first-order valence-corrected chi connectivity index (χ1v) is 3.86. The van der Waals surface area contributed by atoms with Crippen LogP contribution in [-0.2, 0) is 0 Å². The maximum absolute atomic E-state index is 10.4. The van der Waals surface area contributed by atoms with Gasteiger partial charge in [0.2, 0.25) is 5.82 Å². The molecule has 2 aromatic rings. The molecule has 1 heterocycles. The molecule has 0 aliphatic heterocycles. The summed E-state index contributed by atoms with van der Waals surface area (Å²) in [6.45, 7) is 0. The number of hydrogen-bond acceptors (Lipinski definition) is 4. The summed E-state index contributed by atoms with van der Waals surface area (Å²) in [5.74, 6) is 0.299. The molecule has 0 aliphatic carbocycles. The van der Waals surface area contributed by atoms with Crippen molar-refractivity contribution in [2.75, 3.05) is 0 Å². The molecular formula is C8H6N4O2. The Morgan fingerprint density at radius 3 is 2.57 bits per heavy atom. The molecule has 0 spiro atoms. The fourth-order valence-electron chi connectivity index (χ4n) is 0.998. The Kier molecular flexibility index (Phi) is 1.94. The summed E-state index contributed by atoms with van der Waals surface area (Å²) >= 11 is 0. The summed E-state index contributed by atoms with van der Waals surface area (Å²) in [4.78, 5) is 11.0. The fraction of sp³-hybridized carbons (Fsp3) is 0. The summed E-state index contributed by atoms with van der Waals surface area (Å²) < 4.78 is 0. The highest BCUT2D eigenvalue weighted by molar-refractivity contribution is 5.66. The second kappa shape index (κ2) is 3.25. The normalized spacial score (nSPS) is 10.0. The number of tetrazole rings is 1. The Balaban J connectivity index is 2.39. The predicted molar refractivity (Wildman–Crippen MR) is 46.7 cm³/mol. The lowest BCUT2D eigenvalue weighted by atomic mass is 10.2. The molecule has 2 rings (SSSR count). The van der Waals surface area contributed by atoms with Gasteiger partial charge in [-0.15, -0.1) is 10.2 Å². The maximum Gasteiger partial charge on any atom is 0.451 e. The second-order valence-corrected chi connectivity index (χ2v) is 2.55. The molecule has 6 nitrogen and oxygen atoms in total. The number of hydrogen-bond donors (Lipinski definition) is 1. The van der Waals surface area contributed by atoms with Gasteiger partial charge in [-0.05, 0) is 5.21 Å². The van der Waals surface area contributed by atoms with Crippen LogP contribution in [0.5, 0.6) is 0 Å². The Hall–Kier alpha value is -2.24. The average Bonchev–Trinajstić information content (AvgIpc) is 2.68. The minimum atomic E-state index is -1.25. The molecule has 0 saturated carbocycles. The third-order valence-electron chi connectivity index (χ3n) is 1.62. The van der Waals surface area contributed by atoms with E-state index in [1.165, 1.54) is 0 Å². The van der Waals surface area contributed by atoms with Gasteiger partial charge in [-0.25, -0.2) is 4.79 Å². The molecule has 0 atom stereocenters. The first-order chi connectivity index (χ1) is 6.77. The zero-order valence-electron chi connectivity index (χ0n) is 7.03. The van der Waals surface area contributed by atoms with Gasteiger partial charge >= 0.3 is 6.09 Å². The summed E-state index contributed by atoms with van der Waals surface area (Å²) in [6.07, 6.45) is -1.25. The van der Waals surface area contributed by atoms with E-state index in [9.17, 15) is 4.79 Å². The molecule has 0 amide bonds. The van der Waals surface area contributed by atoms with Gasteiger partial charge in [-0.1, -0.05) is 35.1 Å². The van der Waals surface area contributed by atoms with Gasteiger partial charge in [0.1, 0.15) is 0 Å². The molecule has 1 aromatic carbocycles. The van der Waals surface area contributed by atoms with Crippen molar-refractivity contribution in [2.24, 2.45) is 0 Å². The summed E-state index contributed by atoms with van der Waals surface area (Å²) in [5, 5.41) is 19.2. The van der Waals surface area contributed by atoms with Crippen LogP contribution < -0.4 is 0 Å². The zero-order valence-corrected chi connectivity index (χ0v) is 7.03. The Morgan fingerprint density at radius 2 is 2.00 bits per heavy atom. The maximum atomic E-state index is 10.4. The van der Waals surface area contributed by atoms with Crippen molar-refractivity contribution in [1.82, 2.24) is 20.2 Å². The van der Waals surface area contributed by atoms with E-state index in [4.69, 9.17) is 5.11 Å². The van der Waals surface area contributed by atoms with Gasteiger partial charge < -0.3 is 5.11 Å². The highest BCUT2D eigenvalue weighted by atomic mass is 16.4. The van der Waals surface area contributed by atoms with Crippen LogP contribution in [0.3, 0.4) is 0 Å². The van der Waals surface area contributed by atoms with Gasteiger partial charge in [0.05, 0.1) is 0 Å². The molecule has 14 heavy (non-hydrogen) atoms. The van der Waals surface area contributed by atoms with Crippen LogP contribution in [0.2, 0.25) is 0 Å². The minimum Gasteiger partial charge on any atom is -0.462 e.